The summed E-state index contributed by atoms with van der Waals surface area (Å²) in [5.41, 5.74) is 8.47. The molecule has 0 fully saturated rings. The van der Waals surface area contributed by atoms with Gasteiger partial charge < -0.3 is 10.6 Å². The van der Waals surface area contributed by atoms with Gasteiger partial charge in [0.15, 0.2) is 0 Å². The van der Waals surface area contributed by atoms with Crippen molar-refractivity contribution in [3.05, 3.63) is 29.8 Å². The average Bonchev–Trinajstić information content (AvgIpc) is 2.26. The molecule has 2 atom stereocenters. The predicted molar refractivity (Wildman–Crippen MR) is 71.7 cm³/mol. The maximum absolute atomic E-state index is 6.00. The highest BCUT2D eigenvalue weighted by Gasteiger charge is 2.17. The zero-order valence-corrected chi connectivity index (χ0v) is 11.1. The van der Waals surface area contributed by atoms with E-state index in [2.05, 4.69) is 57.0 Å². The van der Waals surface area contributed by atoms with Crippen molar-refractivity contribution in [2.24, 2.45) is 11.7 Å². The third-order valence-electron chi connectivity index (χ3n) is 3.38. The Kier molecular flexibility index (Phi) is 4.36. The van der Waals surface area contributed by atoms with E-state index in [-0.39, 0.29) is 6.04 Å². The first kappa shape index (κ1) is 13.0. The highest BCUT2D eigenvalue weighted by atomic mass is 15.1. The molecule has 2 N–H and O–H groups in total. The van der Waals surface area contributed by atoms with E-state index >= 15 is 0 Å². The largest absolute Gasteiger partial charge is 0.371 e. The maximum atomic E-state index is 6.00. The second kappa shape index (κ2) is 5.35. The number of hydrogen-bond donors (Lipinski definition) is 1. The van der Waals surface area contributed by atoms with Gasteiger partial charge in [0.25, 0.3) is 0 Å². The summed E-state index contributed by atoms with van der Waals surface area (Å²) in [6.45, 7) is 8.78. The Morgan fingerprint density at radius 3 is 2.12 bits per heavy atom. The molecular formula is C14H24N2. The molecule has 0 heterocycles. The van der Waals surface area contributed by atoms with Crippen LogP contribution in [-0.2, 0) is 0 Å². The molecule has 2 unspecified atom stereocenters. The van der Waals surface area contributed by atoms with Gasteiger partial charge in [-0.05, 0) is 31.4 Å². The quantitative estimate of drug-likeness (QED) is 0.844. The van der Waals surface area contributed by atoms with Crippen LogP contribution < -0.4 is 10.6 Å². The Morgan fingerprint density at radius 2 is 1.62 bits per heavy atom. The minimum absolute atomic E-state index is 0.0815. The van der Waals surface area contributed by atoms with Crippen LogP contribution in [0, 0.1) is 5.92 Å². The van der Waals surface area contributed by atoms with Crippen LogP contribution in [0.5, 0.6) is 0 Å². The number of hydrogen-bond acceptors (Lipinski definition) is 2. The third-order valence-corrected chi connectivity index (χ3v) is 3.38. The molecule has 0 aromatic heterocycles. The number of anilines is 1. The summed E-state index contributed by atoms with van der Waals surface area (Å²) in [6.07, 6.45) is 0. The summed E-state index contributed by atoms with van der Waals surface area (Å²) in [6, 6.07) is 8.99. The molecule has 0 aliphatic carbocycles. The van der Waals surface area contributed by atoms with E-state index in [0.29, 0.717) is 12.0 Å². The Bertz CT molecular complexity index is 331. The highest BCUT2D eigenvalue weighted by molar-refractivity contribution is 5.55. The van der Waals surface area contributed by atoms with Crippen LogP contribution in [0.3, 0.4) is 0 Å². The van der Waals surface area contributed by atoms with Crippen LogP contribution >= 0.6 is 0 Å². The molecule has 0 radical (unpaired) electrons. The molecule has 1 aromatic rings. The lowest BCUT2D eigenvalue weighted by atomic mass is 10.0. The van der Waals surface area contributed by atoms with Gasteiger partial charge in [-0.3, -0.25) is 0 Å². The fourth-order valence-electron chi connectivity index (χ4n) is 1.86. The lowest BCUT2D eigenvalue weighted by Gasteiger charge is -2.32. The van der Waals surface area contributed by atoms with Gasteiger partial charge in [0.05, 0.1) is 0 Å². The second-order valence-electron chi connectivity index (χ2n) is 4.94. The fraction of sp³-hybridized carbons (Fsp3) is 0.571. The molecule has 2 nitrogen and oxygen atoms in total. The first-order valence-electron chi connectivity index (χ1n) is 6.02. The molecule has 0 saturated carbocycles. The average molecular weight is 220 g/mol. The molecule has 0 aliphatic heterocycles. The monoisotopic (exact) mass is 220 g/mol. The van der Waals surface area contributed by atoms with E-state index in [4.69, 9.17) is 5.73 Å². The Hall–Kier alpha value is -1.02. The third kappa shape index (κ3) is 2.76. The van der Waals surface area contributed by atoms with Crippen LogP contribution in [0.4, 0.5) is 5.69 Å². The standard InChI is InChI=1S/C14H24N2/c1-10(2)12(4)16(5)14-9-7-6-8-13(14)11(3)15/h6-12H,15H2,1-5H3. The van der Waals surface area contributed by atoms with Gasteiger partial charge in [-0.2, -0.15) is 0 Å². The topological polar surface area (TPSA) is 29.3 Å². The van der Waals surface area contributed by atoms with E-state index in [1.807, 2.05) is 6.92 Å². The van der Waals surface area contributed by atoms with Gasteiger partial charge in [-0.1, -0.05) is 32.0 Å². The van der Waals surface area contributed by atoms with Crippen molar-refractivity contribution in [2.75, 3.05) is 11.9 Å². The molecule has 0 aliphatic rings. The minimum Gasteiger partial charge on any atom is -0.371 e. The van der Waals surface area contributed by atoms with E-state index < -0.39 is 0 Å². The lowest BCUT2D eigenvalue weighted by molar-refractivity contribution is 0.504. The normalized spacial score (nSPS) is 14.9. The van der Waals surface area contributed by atoms with Crippen LogP contribution in [0.25, 0.3) is 0 Å². The molecular weight excluding hydrogens is 196 g/mol. The van der Waals surface area contributed by atoms with E-state index in [1.54, 1.807) is 0 Å². The van der Waals surface area contributed by atoms with Crippen LogP contribution in [0.1, 0.15) is 39.3 Å². The number of nitrogens with two attached hydrogens (primary N) is 1. The molecule has 0 saturated heterocycles. The number of para-hydroxylation sites is 1. The van der Waals surface area contributed by atoms with Crippen LogP contribution in [0.2, 0.25) is 0 Å². The van der Waals surface area contributed by atoms with Gasteiger partial charge in [0, 0.05) is 24.8 Å². The molecule has 16 heavy (non-hydrogen) atoms. The van der Waals surface area contributed by atoms with Crippen molar-refractivity contribution in [3.63, 3.8) is 0 Å². The Labute approximate surface area is 99.5 Å². The SMILES string of the molecule is CC(N)c1ccccc1N(C)C(C)C(C)C. The van der Waals surface area contributed by atoms with E-state index in [9.17, 15) is 0 Å². The maximum Gasteiger partial charge on any atom is 0.0414 e. The lowest BCUT2D eigenvalue weighted by Crippen LogP contribution is -2.34. The number of rotatable bonds is 4. The molecule has 1 rings (SSSR count). The van der Waals surface area contributed by atoms with Crippen molar-refractivity contribution < 1.29 is 0 Å². The number of benzene rings is 1. The van der Waals surface area contributed by atoms with Gasteiger partial charge in [-0.15, -0.1) is 0 Å². The smallest absolute Gasteiger partial charge is 0.0414 e. The van der Waals surface area contributed by atoms with Gasteiger partial charge >= 0.3 is 0 Å². The van der Waals surface area contributed by atoms with Crippen molar-refractivity contribution >= 4 is 5.69 Å². The molecule has 1 aromatic carbocycles. The summed E-state index contributed by atoms with van der Waals surface area (Å²) in [5.74, 6) is 0.631. The van der Waals surface area contributed by atoms with Crippen LogP contribution in [0.15, 0.2) is 24.3 Å². The van der Waals surface area contributed by atoms with Crippen molar-refractivity contribution in [1.29, 1.82) is 0 Å². The Balaban J connectivity index is 3.03. The van der Waals surface area contributed by atoms with E-state index in [0.717, 1.165) is 0 Å². The van der Waals surface area contributed by atoms with Gasteiger partial charge in [0.2, 0.25) is 0 Å². The van der Waals surface area contributed by atoms with Gasteiger partial charge in [0.1, 0.15) is 0 Å². The minimum atomic E-state index is 0.0815. The summed E-state index contributed by atoms with van der Waals surface area (Å²) in [5, 5.41) is 0. The first-order chi connectivity index (χ1) is 7.45. The summed E-state index contributed by atoms with van der Waals surface area (Å²) >= 11 is 0. The van der Waals surface area contributed by atoms with Crippen molar-refractivity contribution in [2.45, 2.75) is 39.8 Å². The van der Waals surface area contributed by atoms with Crippen LogP contribution in [-0.4, -0.2) is 13.1 Å². The summed E-state index contributed by atoms with van der Waals surface area (Å²) in [4.78, 5) is 2.32. The summed E-state index contributed by atoms with van der Waals surface area (Å²) < 4.78 is 0. The zero-order valence-electron chi connectivity index (χ0n) is 11.1. The highest BCUT2D eigenvalue weighted by Crippen LogP contribution is 2.26. The second-order valence-corrected chi connectivity index (χ2v) is 4.94. The van der Waals surface area contributed by atoms with Crippen molar-refractivity contribution in [3.8, 4) is 0 Å². The molecule has 0 bridgehead atoms. The van der Waals surface area contributed by atoms with Gasteiger partial charge in [-0.25, -0.2) is 0 Å². The first-order valence-corrected chi connectivity index (χ1v) is 6.02. The number of nitrogens with zero attached hydrogens (tertiary/aromatic N) is 1. The fourth-order valence-corrected chi connectivity index (χ4v) is 1.86. The summed E-state index contributed by atoms with van der Waals surface area (Å²) in [7, 11) is 2.14. The predicted octanol–water partition coefficient (Wildman–Crippen LogP) is 3.19. The van der Waals surface area contributed by atoms with Crippen molar-refractivity contribution in [1.82, 2.24) is 0 Å². The molecule has 0 spiro atoms. The molecule has 0 amide bonds. The molecule has 2 heteroatoms. The zero-order chi connectivity index (χ0) is 12.3. The Morgan fingerprint density at radius 1 is 1.06 bits per heavy atom. The van der Waals surface area contributed by atoms with E-state index in [1.165, 1.54) is 11.3 Å². The molecule has 90 valence electrons.